The Morgan fingerprint density at radius 3 is 2.47 bits per heavy atom. The van der Waals surface area contributed by atoms with Crippen LogP contribution in [0.25, 0.3) is 6.08 Å². The average Bonchev–Trinajstić information content (AvgIpc) is 3.07. The van der Waals surface area contributed by atoms with Crippen molar-refractivity contribution in [3.05, 3.63) is 52.9 Å². The summed E-state index contributed by atoms with van der Waals surface area (Å²) in [6, 6.07) is 11.9. The van der Waals surface area contributed by atoms with Gasteiger partial charge in [0.05, 0.1) is 18.1 Å². The Bertz CT molecular complexity index is 1140. The lowest BCUT2D eigenvalue weighted by Crippen LogP contribution is -2.36. The maximum absolute atomic E-state index is 12.8. The third-order valence-electron chi connectivity index (χ3n) is 4.50. The molecular formula is C25H24N2O6S. The molecule has 3 rings (SSSR count). The van der Waals surface area contributed by atoms with E-state index < -0.39 is 23.6 Å². The highest BCUT2D eigenvalue weighted by atomic mass is 32.2. The summed E-state index contributed by atoms with van der Waals surface area (Å²) in [4.78, 5) is 38.7. The Morgan fingerprint density at radius 1 is 1.06 bits per heavy atom. The van der Waals surface area contributed by atoms with Crippen LogP contribution in [-0.4, -0.2) is 48.3 Å². The Balaban J connectivity index is 1.68. The number of hydrogen-bond acceptors (Lipinski definition) is 7. The fraction of sp³-hybridized carbons (Fsp3) is 0.240. The topological polar surface area (TPSA) is 94.2 Å². The summed E-state index contributed by atoms with van der Waals surface area (Å²) in [5.41, 5.74) is 1.17. The average molecular weight is 481 g/mol. The van der Waals surface area contributed by atoms with Gasteiger partial charge in [0.1, 0.15) is 18.9 Å². The van der Waals surface area contributed by atoms with E-state index in [0.29, 0.717) is 41.7 Å². The summed E-state index contributed by atoms with van der Waals surface area (Å²) in [6.07, 6.45) is 6.81. The first kappa shape index (κ1) is 24.7. The number of nitrogens with one attached hydrogen (secondary N) is 1. The van der Waals surface area contributed by atoms with E-state index >= 15 is 0 Å². The number of rotatable bonds is 10. The molecule has 1 N–H and O–H groups in total. The molecule has 1 saturated heterocycles. The number of thioether (sulfide) groups is 1. The number of hydrogen-bond donors (Lipinski definition) is 1. The van der Waals surface area contributed by atoms with Gasteiger partial charge in [-0.3, -0.25) is 19.3 Å². The third-order valence-corrected chi connectivity index (χ3v) is 5.41. The predicted molar refractivity (Wildman–Crippen MR) is 131 cm³/mol. The molecule has 1 fully saturated rings. The molecule has 2 aromatic carbocycles. The molecule has 9 heteroatoms. The Labute approximate surface area is 202 Å². The van der Waals surface area contributed by atoms with Gasteiger partial charge >= 0.3 is 0 Å². The number of imide groups is 1. The fourth-order valence-corrected chi connectivity index (χ4v) is 3.89. The zero-order chi connectivity index (χ0) is 24.5. The number of terminal acetylenes is 1. The molecule has 0 bridgehead atoms. The molecule has 0 aromatic heterocycles. The van der Waals surface area contributed by atoms with E-state index in [2.05, 4.69) is 11.2 Å². The van der Waals surface area contributed by atoms with Crippen molar-refractivity contribution < 1.29 is 28.6 Å². The van der Waals surface area contributed by atoms with Gasteiger partial charge in [-0.1, -0.05) is 12.0 Å². The molecule has 3 amide bonds. The maximum atomic E-state index is 12.8. The summed E-state index contributed by atoms with van der Waals surface area (Å²) in [6.45, 7) is 4.37. The van der Waals surface area contributed by atoms with Crippen LogP contribution in [0.5, 0.6) is 17.2 Å². The van der Waals surface area contributed by atoms with E-state index in [1.165, 1.54) is 0 Å². The first-order valence-electron chi connectivity index (χ1n) is 10.6. The van der Waals surface area contributed by atoms with Crippen LogP contribution in [0.15, 0.2) is 47.4 Å². The van der Waals surface area contributed by atoms with Gasteiger partial charge in [0, 0.05) is 5.69 Å². The van der Waals surface area contributed by atoms with Crippen molar-refractivity contribution in [1.29, 1.82) is 0 Å². The van der Waals surface area contributed by atoms with Crippen LogP contribution >= 0.6 is 11.8 Å². The largest absolute Gasteiger partial charge is 0.494 e. The number of anilines is 1. The standard InChI is InChI=1S/C25H24N2O6S/c1-4-13-33-20-12-7-17(14-21(20)32-6-3)15-22-24(29)27(25(30)34-22)16-23(28)26-18-8-10-19(11-9-18)31-5-2/h1,7-12,14-15H,5-6,13,16H2,2-3H3,(H,26,28)/b22-15+. The fourth-order valence-electron chi connectivity index (χ4n) is 3.05. The molecule has 1 aliphatic heterocycles. The summed E-state index contributed by atoms with van der Waals surface area (Å²) in [5, 5.41) is 2.16. The van der Waals surface area contributed by atoms with Crippen molar-refractivity contribution >= 4 is 40.6 Å². The second kappa shape index (κ2) is 11.8. The Kier molecular flexibility index (Phi) is 8.60. The zero-order valence-corrected chi connectivity index (χ0v) is 19.6. The van der Waals surface area contributed by atoms with Gasteiger partial charge in [-0.2, -0.15) is 0 Å². The minimum Gasteiger partial charge on any atom is -0.494 e. The van der Waals surface area contributed by atoms with Crippen LogP contribution in [-0.2, 0) is 9.59 Å². The van der Waals surface area contributed by atoms with Crippen LogP contribution in [0.3, 0.4) is 0 Å². The van der Waals surface area contributed by atoms with Gasteiger partial charge in [0.25, 0.3) is 11.1 Å². The molecule has 176 valence electrons. The first-order chi connectivity index (χ1) is 16.4. The molecule has 34 heavy (non-hydrogen) atoms. The molecule has 0 spiro atoms. The van der Waals surface area contributed by atoms with Crippen LogP contribution in [0.2, 0.25) is 0 Å². The molecule has 0 radical (unpaired) electrons. The molecule has 0 aliphatic carbocycles. The van der Waals surface area contributed by atoms with Gasteiger partial charge < -0.3 is 19.5 Å². The van der Waals surface area contributed by atoms with E-state index in [1.807, 2.05) is 13.8 Å². The van der Waals surface area contributed by atoms with Crippen molar-refractivity contribution in [3.63, 3.8) is 0 Å². The number of ether oxygens (including phenoxy) is 3. The maximum Gasteiger partial charge on any atom is 0.294 e. The number of amides is 3. The van der Waals surface area contributed by atoms with E-state index in [-0.39, 0.29) is 11.5 Å². The molecule has 0 unspecified atom stereocenters. The summed E-state index contributed by atoms with van der Waals surface area (Å²) < 4.78 is 16.4. The van der Waals surface area contributed by atoms with Crippen molar-refractivity contribution in [3.8, 4) is 29.6 Å². The monoisotopic (exact) mass is 480 g/mol. The second-order valence-electron chi connectivity index (χ2n) is 6.91. The molecule has 1 heterocycles. The molecule has 2 aromatic rings. The lowest BCUT2D eigenvalue weighted by atomic mass is 10.2. The quantitative estimate of drug-likeness (QED) is 0.403. The summed E-state index contributed by atoms with van der Waals surface area (Å²) in [7, 11) is 0. The number of carbonyl (C=O) groups is 3. The van der Waals surface area contributed by atoms with Gasteiger partial charge in [0.2, 0.25) is 5.91 Å². The van der Waals surface area contributed by atoms with Gasteiger partial charge in [-0.05, 0) is 73.6 Å². The van der Waals surface area contributed by atoms with Gasteiger partial charge in [-0.25, -0.2) is 0 Å². The zero-order valence-electron chi connectivity index (χ0n) is 18.8. The van der Waals surface area contributed by atoms with Crippen LogP contribution in [0, 0.1) is 12.3 Å². The number of benzene rings is 2. The summed E-state index contributed by atoms with van der Waals surface area (Å²) >= 11 is 0.773. The Hall–Kier alpha value is -3.90. The number of carbonyl (C=O) groups excluding carboxylic acids is 3. The third kappa shape index (κ3) is 6.33. The van der Waals surface area contributed by atoms with E-state index in [4.69, 9.17) is 20.6 Å². The van der Waals surface area contributed by atoms with Crippen molar-refractivity contribution in [2.75, 3.05) is 31.7 Å². The SMILES string of the molecule is C#CCOc1ccc(/C=C2/SC(=O)N(CC(=O)Nc3ccc(OCC)cc3)C2=O)cc1OCC. The predicted octanol–water partition coefficient (Wildman–Crippen LogP) is 4.17. The highest BCUT2D eigenvalue weighted by Crippen LogP contribution is 2.34. The van der Waals surface area contributed by atoms with Crippen LogP contribution in [0.4, 0.5) is 10.5 Å². The van der Waals surface area contributed by atoms with Crippen LogP contribution < -0.4 is 19.5 Å². The summed E-state index contributed by atoms with van der Waals surface area (Å²) in [5.74, 6) is 3.00. The highest BCUT2D eigenvalue weighted by Gasteiger charge is 2.36. The molecule has 1 aliphatic rings. The van der Waals surface area contributed by atoms with E-state index in [1.54, 1.807) is 48.5 Å². The molecular weight excluding hydrogens is 456 g/mol. The lowest BCUT2D eigenvalue weighted by Gasteiger charge is -2.13. The van der Waals surface area contributed by atoms with E-state index in [0.717, 1.165) is 16.7 Å². The van der Waals surface area contributed by atoms with Crippen molar-refractivity contribution in [1.82, 2.24) is 4.90 Å². The van der Waals surface area contributed by atoms with Crippen molar-refractivity contribution in [2.45, 2.75) is 13.8 Å². The molecule has 0 atom stereocenters. The molecule has 0 saturated carbocycles. The Morgan fingerprint density at radius 2 is 1.79 bits per heavy atom. The lowest BCUT2D eigenvalue weighted by molar-refractivity contribution is -0.127. The van der Waals surface area contributed by atoms with Crippen molar-refractivity contribution in [2.24, 2.45) is 0 Å². The minimum absolute atomic E-state index is 0.0943. The van der Waals surface area contributed by atoms with Gasteiger partial charge in [-0.15, -0.1) is 6.42 Å². The number of nitrogens with zero attached hydrogens (tertiary/aromatic N) is 1. The molecule has 8 nitrogen and oxygen atoms in total. The first-order valence-corrected chi connectivity index (χ1v) is 11.4. The normalized spacial score (nSPS) is 14.1. The van der Waals surface area contributed by atoms with Gasteiger partial charge in [0.15, 0.2) is 11.5 Å². The second-order valence-corrected chi connectivity index (χ2v) is 7.90. The minimum atomic E-state index is -0.539. The van der Waals surface area contributed by atoms with Crippen LogP contribution in [0.1, 0.15) is 19.4 Å². The highest BCUT2D eigenvalue weighted by molar-refractivity contribution is 8.18. The smallest absolute Gasteiger partial charge is 0.294 e. The van der Waals surface area contributed by atoms with E-state index in [9.17, 15) is 14.4 Å².